The molecule has 0 bridgehead atoms. The Bertz CT molecular complexity index is 290. The average Bonchev–Trinajstić information content (AvgIpc) is 2.54. The van der Waals surface area contributed by atoms with Gasteiger partial charge in [0.15, 0.2) is 0 Å². The first-order valence-electron chi connectivity index (χ1n) is 4.78. The summed E-state index contributed by atoms with van der Waals surface area (Å²) < 4.78 is 5.70. The Kier molecular flexibility index (Phi) is 2.12. The van der Waals surface area contributed by atoms with Crippen LogP contribution in [0.2, 0.25) is 0 Å². The van der Waals surface area contributed by atoms with E-state index in [4.69, 9.17) is 4.74 Å². The number of ether oxygens (including phenoxy) is 1. The van der Waals surface area contributed by atoms with E-state index >= 15 is 0 Å². The lowest BCUT2D eigenvalue weighted by molar-refractivity contribution is 0.0133. The molecule has 0 aliphatic carbocycles. The predicted octanol–water partition coefficient (Wildman–Crippen LogP) is 0.366. The largest absolute Gasteiger partial charge is 0.369 e. The number of hydrogen-bond acceptors (Lipinski definition) is 2. The molecule has 2 nitrogen and oxygen atoms in total. The highest BCUT2D eigenvalue weighted by molar-refractivity contribution is 6.32. The third-order valence-electron chi connectivity index (χ3n) is 2.67. The molecule has 0 spiro atoms. The Labute approximate surface area is 79.7 Å². The fraction of sp³-hybridized carbons (Fsp3) is 0.500. The monoisotopic (exact) mass is 175 g/mol. The summed E-state index contributed by atoms with van der Waals surface area (Å²) in [4.78, 5) is 4.41. The van der Waals surface area contributed by atoms with Crippen LogP contribution in [0, 0.1) is 0 Å². The molecule has 3 heteroatoms. The van der Waals surface area contributed by atoms with Crippen LogP contribution in [0.15, 0.2) is 18.3 Å². The van der Waals surface area contributed by atoms with E-state index < -0.39 is 0 Å². The van der Waals surface area contributed by atoms with Crippen LogP contribution in [0.1, 0.15) is 25.5 Å². The molecule has 13 heavy (non-hydrogen) atoms. The van der Waals surface area contributed by atoms with Crippen molar-refractivity contribution in [2.45, 2.75) is 25.4 Å². The van der Waals surface area contributed by atoms with Crippen molar-refractivity contribution in [1.82, 2.24) is 4.98 Å². The molecule has 1 aromatic rings. The average molecular weight is 175 g/mol. The van der Waals surface area contributed by atoms with Gasteiger partial charge >= 0.3 is 0 Å². The van der Waals surface area contributed by atoms with Gasteiger partial charge in [-0.25, -0.2) is 0 Å². The van der Waals surface area contributed by atoms with Gasteiger partial charge in [0.25, 0.3) is 0 Å². The molecule has 1 aromatic heterocycles. The first-order valence-corrected chi connectivity index (χ1v) is 4.78. The second-order valence-electron chi connectivity index (χ2n) is 3.90. The van der Waals surface area contributed by atoms with Gasteiger partial charge in [-0.2, -0.15) is 0 Å². The summed E-state index contributed by atoms with van der Waals surface area (Å²) >= 11 is 0. The van der Waals surface area contributed by atoms with E-state index in [2.05, 4.69) is 31.9 Å². The van der Waals surface area contributed by atoms with Crippen molar-refractivity contribution in [2.75, 3.05) is 6.61 Å². The van der Waals surface area contributed by atoms with Gasteiger partial charge in [-0.3, -0.25) is 4.98 Å². The van der Waals surface area contributed by atoms with E-state index in [1.165, 1.54) is 5.46 Å². The Morgan fingerprint density at radius 2 is 2.38 bits per heavy atom. The van der Waals surface area contributed by atoms with Gasteiger partial charge in [-0.05, 0) is 25.8 Å². The van der Waals surface area contributed by atoms with Crippen LogP contribution < -0.4 is 5.46 Å². The standard InChI is InChI=1S/C10H14BNO/c1-10(5-2-6-13-10)9-4-3-8(11)7-12-9/h3-4,7H,2,5-6,11H2,1H3. The normalized spacial score (nSPS) is 27.8. The topological polar surface area (TPSA) is 22.1 Å². The van der Waals surface area contributed by atoms with E-state index in [0.29, 0.717) is 0 Å². The lowest BCUT2D eigenvalue weighted by Crippen LogP contribution is -2.22. The first kappa shape index (κ1) is 8.76. The molecule has 0 radical (unpaired) electrons. The van der Waals surface area contributed by atoms with Crippen LogP contribution >= 0.6 is 0 Å². The molecule has 1 aliphatic rings. The van der Waals surface area contributed by atoms with Crippen LogP contribution in [0.25, 0.3) is 0 Å². The summed E-state index contributed by atoms with van der Waals surface area (Å²) in [5, 5.41) is 0. The summed E-state index contributed by atoms with van der Waals surface area (Å²) in [6.45, 7) is 2.99. The molecule has 68 valence electrons. The zero-order chi connectivity index (χ0) is 9.31. The molecular formula is C10H14BNO. The quantitative estimate of drug-likeness (QED) is 0.575. The molecule has 0 saturated carbocycles. The molecule has 1 fully saturated rings. The van der Waals surface area contributed by atoms with Crippen molar-refractivity contribution in [3.8, 4) is 0 Å². The van der Waals surface area contributed by atoms with Gasteiger partial charge < -0.3 is 4.74 Å². The molecule has 1 unspecified atom stereocenters. The molecule has 2 rings (SSSR count). The molecule has 1 aliphatic heterocycles. The maximum Gasteiger partial charge on any atom is 0.141 e. The van der Waals surface area contributed by atoms with Crippen LogP contribution in [-0.4, -0.2) is 19.4 Å². The van der Waals surface area contributed by atoms with Crippen molar-refractivity contribution in [2.24, 2.45) is 0 Å². The van der Waals surface area contributed by atoms with Crippen molar-refractivity contribution >= 4 is 13.3 Å². The van der Waals surface area contributed by atoms with E-state index in [-0.39, 0.29) is 5.60 Å². The van der Waals surface area contributed by atoms with Gasteiger partial charge in [-0.15, -0.1) is 0 Å². The van der Waals surface area contributed by atoms with Gasteiger partial charge in [0.05, 0.1) is 5.69 Å². The fourth-order valence-corrected chi connectivity index (χ4v) is 1.76. The maximum absolute atomic E-state index is 5.70. The summed E-state index contributed by atoms with van der Waals surface area (Å²) in [5.74, 6) is 0. The third-order valence-corrected chi connectivity index (χ3v) is 2.67. The smallest absolute Gasteiger partial charge is 0.141 e. The van der Waals surface area contributed by atoms with Gasteiger partial charge in [0.2, 0.25) is 0 Å². The fourth-order valence-electron chi connectivity index (χ4n) is 1.76. The minimum Gasteiger partial charge on any atom is -0.369 e. The van der Waals surface area contributed by atoms with Crippen LogP contribution in [0.5, 0.6) is 0 Å². The number of nitrogens with zero attached hydrogens (tertiary/aromatic N) is 1. The minimum absolute atomic E-state index is 0.131. The number of hydrogen-bond donors (Lipinski definition) is 0. The van der Waals surface area contributed by atoms with Crippen LogP contribution in [0.4, 0.5) is 0 Å². The Morgan fingerprint density at radius 1 is 1.54 bits per heavy atom. The molecule has 0 aromatic carbocycles. The molecule has 1 saturated heterocycles. The highest BCUT2D eigenvalue weighted by atomic mass is 16.5. The van der Waals surface area contributed by atoms with Crippen molar-refractivity contribution < 1.29 is 4.74 Å². The van der Waals surface area contributed by atoms with Gasteiger partial charge in [0.1, 0.15) is 13.4 Å². The van der Waals surface area contributed by atoms with Crippen LogP contribution in [0.3, 0.4) is 0 Å². The lowest BCUT2D eigenvalue weighted by Gasteiger charge is -2.22. The summed E-state index contributed by atoms with van der Waals surface area (Å²) in [5.41, 5.74) is 2.13. The second kappa shape index (κ2) is 3.15. The summed E-state index contributed by atoms with van der Waals surface area (Å²) in [6, 6.07) is 4.16. The highest BCUT2D eigenvalue weighted by Crippen LogP contribution is 2.33. The number of rotatable bonds is 1. The van der Waals surface area contributed by atoms with E-state index in [0.717, 1.165) is 25.1 Å². The zero-order valence-corrected chi connectivity index (χ0v) is 8.21. The van der Waals surface area contributed by atoms with Crippen molar-refractivity contribution in [1.29, 1.82) is 0 Å². The van der Waals surface area contributed by atoms with E-state index in [1.807, 2.05) is 6.20 Å². The molecule has 0 N–H and O–H groups in total. The highest BCUT2D eigenvalue weighted by Gasteiger charge is 2.32. The van der Waals surface area contributed by atoms with E-state index in [9.17, 15) is 0 Å². The predicted molar refractivity (Wildman–Crippen MR) is 55.0 cm³/mol. The van der Waals surface area contributed by atoms with Gasteiger partial charge in [-0.1, -0.05) is 11.5 Å². The SMILES string of the molecule is Bc1ccc(C2(C)CCCO2)nc1. The summed E-state index contributed by atoms with van der Waals surface area (Å²) in [6.07, 6.45) is 4.14. The Hall–Kier alpha value is -0.825. The van der Waals surface area contributed by atoms with Crippen LogP contribution in [-0.2, 0) is 10.3 Å². The summed E-state index contributed by atoms with van der Waals surface area (Å²) in [7, 11) is 2.05. The number of aromatic nitrogens is 1. The third kappa shape index (κ3) is 1.61. The Morgan fingerprint density at radius 3 is 2.92 bits per heavy atom. The second-order valence-corrected chi connectivity index (χ2v) is 3.90. The van der Waals surface area contributed by atoms with Crippen molar-refractivity contribution in [3.05, 3.63) is 24.0 Å². The van der Waals surface area contributed by atoms with E-state index in [1.54, 1.807) is 0 Å². The first-order chi connectivity index (χ1) is 6.21. The number of pyridine rings is 1. The lowest BCUT2D eigenvalue weighted by atomic mass is 9.94. The van der Waals surface area contributed by atoms with Gasteiger partial charge in [0, 0.05) is 12.8 Å². The molecule has 1 atom stereocenters. The van der Waals surface area contributed by atoms with Crippen molar-refractivity contribution in [3.63, 3.8) is 0 Å². The molecule has 2 heterocycles. The Balaban J connectivity index is 2.29. The maximum atomic E-state index is 5.70. The molecular weight excluding hydrogens is 161 g/mol. The zero-order valence-electron chi connectivity index (χ0n) is 8.21. The minimum atomic E-state index is -0.131. The molecule has 0 amide bonds.